The summed E-state index contributed by atoms with van der Waals surface area (Å²) >= 11 is 0. The van der Waals surface area contributed by atoms with Gasteiger partial charge in [-0.25, -0.2) is 0 Å². The molecule has 34 heavy (non-hydrogen) atoms. The highest BCUT2D eigenvalue weighted by Crippen LogP contribution is 2.41. The molecule has 0 radical (unpaired) electrons. The third-order valence-electron chi connectivity index (χ3n) is 5.57. The van der Waals surface area contributed by atoms with E-state index >= 15 is 0 Å². The van der Waals surface area contributed by atoms with E-state index in [2.05, 4.69) is 17.4 Å². The van der Waals surface area contributed by atoms with Crippen LogP contribution in [0.3, 0.4) is 0 Å². The summed E-state index contributed by atoms with van der Waals surface area (Å²) in [5.74, 6) is -0.288. The zero-order chi connectivity index (χ0) is 23.8. The van der Waals surface area contributed by atoms with Crippen LogP contribution in [0.4, 0.5) is 0 Å². The molecule has 4 aromatic carbocycles. The minimum absolute atomic E-state index is 0.124. The number of hydrogen-bond acceptors (Lipinski definition) is 4. The smallest absolute Gasteiger partial charge is 0.308 e. The van der Waals surface area contributed by atoms with E-state index in [0.29, 0.717) is 17.9 Å². The first kappa shape index (κ1) is 23.1. The summed E-state index contributed by atoms with van der Waals surface area (Å²) in [4.78, 5) is 25.3. The lowest BCUT2D eigenvalue weighted by molar-refractivity contribution is -0.131. The fraction of sp³-hybridized carbons (Fsp3) is 0.133. The first-order valence-corrected chi connectivity index (χ1v) is 11.4. The molecule has 4 nitrogen and oxygen atoms in total. The monoisotopic (exact) mass is 449 g/mol. The number of esters is 1. The molecule has 4 rings (SSSR count). The van der Waals surface area contributed by atoms with Crippen LogP contribution in [0.5, 0.6) is 5.75 Å². The van der Waals surface area contributed by atoms with Gasteiger partial charge < -0.3 is 10.1 Å². The number of carbonyl (C=O) groups excluding carboxylic acids is 2. The van der Waals surface area contributed by atoms with Crippen LogP contribution >= 0.6 is 0 Å². The van der Waals surface area contributed by atoms with Gasteiger partial charge >= 0.3 is 5.97 Å². The molecule has 4 aromatic rings. The predicted molar refractivity (Wildman–Crippen MR) is 136 cm³/mol. The SMILES string of the molecule is CC(=O)Oc1c(C(=O)CNCCc2ccccc2)ccc(-c2ccccc2)c1-c1ccccc1. The van der Waals surface area contributed by atoms with Crippen molar-refractivity contribution in [3.05, 3.63) is 114 Å². The summed E-state index contributed by atoms with van der Waals surface area (Å²) < 4.78 is 5.70. The predicted octanol–water partition coefficient (Wildman–Crippen LogP) is 5.96. The Labute approximate surface area is 200 Å². The van der Waals surface area contributed by atoms with Crippen molar-refractivity contribution in [2.45, 2.75) is 13.3 Å². The molecule has 0 unspecified atom stereocenters. The van der Waals surface area contributed by atoms with E-state index in [1.807, 2.05) is 84.9 Å². The molecule has 0 saturated heterocycles. The average molecular weight is 450 g/mol. The molecule has 0 aromatic heterocycles. The maximum atomic E-state index is 13.2. The number of Topliss-reactive ketones (excluding diaryl/α,β-unsaturated/α-hetero) is 1. The van der Waals surface area contributed by atoms with Crippen LogP contribution in [0.25, 0.3) is 22.3 Å². The minimum atomic E-state index is -0.464. The van der Waals surface area contributed by atoms with Crippen LogP contribution in [-0.2, 0) is 11.2 Å². The summed E-state index contributed by atoms with van der Waals surface area (Å²) in [6.45, 7) is 2.18. The summed E-state index contributed by atoms with van der Waals surface area (Å²) in [7, 11) is 0. The Morgan fingerprint density at radius 1 is 0.735 bits per heavy atom. The Balaban J connectivity index is 1.68. The van der Waals surface area contributed by atoms with Gasteiger partial charge in [-0.3, -0.25) is 9.59 Å². The average Bonchev–Trinajstić information content (AvgIpc) is 2.87. The van der Waals surface area contributed by atoms with Crippen molar-refractivity contribution in [3.63, 3.8) is 0 Å². The zero-order valence-corrected chi connectivity index (χ0v) is 19.2. The molecule has 170 valence electrons. The van der Waals surface area contributed by atoms with Crippen LogP contribution in [-0.4, -0.2) is 24.8 Å². The Bertz CT molecular complexity index is 1250. The van der Waals surface area contributed by atoms with Gasteiger partial charge in [0.05, 0.1) is 12.1 Å². The van der Waals surface area contributed by atoms with Crippen molar-refractivity contribution in [1.82, 2.24) is 5.32 Å². The summed E-state index contributed by atoms with van der Waals surface area (Å²) in [6, 6.07) is 33.4. The summed E-state index contributed by atoms with van der Waals surface area (Å²) in [6.07, 6.45) is 0.827. The van der Waals surface area contributed by atoms with Crippen LogP contribution in [0.1, 0.15) is 22.8 Å². The quantitative estimate of drug-likeness (QED) is 0.148. The van der Waals surface area contributed by atoms with Gasteiger partial charge in [0, 0.05) is 12.5 Å². The fourth-order valence-electron chi connectivity index (χ4n) is 3.98. The van der Waals surface area contributed by atoms with Crippen molar-refractivity contribution in [2.75, 3.05) is 13.1 Å². The van der Waals surface area contributed by atoms with Gasteiger partial charge in [0.25, 0.3) is 0 Å². The largest absolute Gasteiger partial charge is 0.425 e. The van der Waals surface area contributed by atoms with Gasteiger partial charge in [0.2, 0.25) is 0 Å². The molecule has 0 fully saturated rings. The normalized spacial score (nSPS) is 10.6. The lowest BCUT2D eigenvalue weighted by atomic mass is 9.90. The highest BCUT2D eigenvalue weighted by molar-refractivity contribution is 6.05. The first-order chi connectivity index (χ1) is 16.6. The van der Waals surface area contributed by atoms with E-state index in [-0.39, 0.29) is 12.3 Å². The second kappa shape index (κ2) is 11.2. The molecule has 0 aliphatic carbocycles. The van der Waals surface area contributed by atoms with E-state index in [9.17, 15) is 9.59 Å². The number of nitrogens with one attached hydrogen (secondary N) is 1. The molecule has 0 amide bonds. The molecule has 1 N–H and O–H groups in total. The minimum Gasteiger partial charge on any atom is -0.425 e. The lowest BCUT2D eigenvalue weighted by Crippen LogP contribution is -2.26. The number of ketones is 1. The first-order valence-electron chi connectivity index (χ1n) is 11.4. The Morgan fingerprint density at radius 2 is 1.32 bits per heavy atom. The van der Waals surface area contributed by atoms with E-state index in [4.69, 9.17) is 4.74 Å². The topological polar surface area (TPSA) is 55.4 Å². The lowest BCUT2D eigenvalue weighted by Gasteiger charge is -2.18. The molecule has 0 aliphatic heterocycles. The molecule has 0 bridgehead atoms. The van der Waals surface area contributed by atoms with Crippen molar-refractivity contribution >= 4 is 11.8 Å². The number of benzene rings is 4. The standard InChI is InChI=1S/C30H27NO3/c1-22(32)34-30-27(28(33)21-31-20-19-23-11-5-2-6-12-23)18-17-26(24-13-7-3-8-14-24)29(30)25-15-9-4-10-16-25/h2-18,31H,19-21H2,1H3. The highest BCUT2D eigenvalue weighted by atomic mass is 16.5. The van der Waals surface area contributed by atoms with Gasteiger partial charge in [0.1, 0.15) is 5.75 Å². The molecule has 0 spiro atoms. The zero-order valence-electron chi connectivity index (χ0n) is 19.2. The number of rotatable bonds is 9. The maximum Gasteiger partial charge on any atom is 0.308 e. The van der Waals surface area contributed by atoms with Crippen LogP contribution < -0.4 is 10.1 Å². The molecule has 0 heterocycles. The van der Waals surface area contributed by atoms with Gasteiger partial charge in [-0.1, -0.05) is 97.1 Å². The van der Waals surface area contributed by atoms with Gasteiger partial charge in [-0.15, -0.1) is 0 Å². The second-order valence-electron chi connectivity index (χ2n) is 8.03. The Morgan fingerprint density at radius 3 is 1.94 bits per heavy atom. The summed E-state index contributed by atoms with van der Waals surface area (Å²) in [5, 5.41) is 3.23. The molecule has 0 saturated carbocycles. The van der Waals surface area contributed by atoms with E-state index < -0.39 is 5.97 Å². The fourth-order valence-corrected chi connectivity index (χ4v) is 3.98. The molecular formula is C30H27NO3. The number of hydrogen-bond donors (Lipinski definition) is 1. The van der Waals surface area contributed by atoms with E-state index in [0.717, 1.165) is 28.7 Å². The molecule has 4 heteroatoms. The third kappa shape index (κ3) is 5.66. The third-order valence-corrected chi connectivity index (χ3v) is 5.57. The van der Waals surface area contributed by atoms with Crippen molar-refractivity contribution in [3.8, 4) is 28.0 Å². The summed E-state index contributed by atoms with van der Waals surface area (Å²) in [5.41, 5.74) is 5.09. The maximum absolute atomic E-state index is 13.2. The van der Waals surface area contributed by atoms with Crippen molar-refractivity contribution in [1.29, 1.82) is 0 Å². The highest BCUT2D eigenvalue weighted by Gasteiger charge is 2.22. The van der Waals surface area contributed by atoms with E-state index in [1.165, 1.54) is 12.5 Å². The molecular weight excluding hydrogens is 422 g/mol. The van der Waals surface area contributed by atoms with Crippen LogP contribution in [0.15, 0.2) is 103 Å². The van der Waals surface area contributed by atoms with Crippen LogP contribution in [0, 0.1) is 0 Å². The second-order valence-corrected chi connectivity index (χ2v) is 8.03. The molecule has 0 atom stereocenters. The van der Waals surface area contributed by atoms with Crippen molar-refractivity contribution in [2.24, 2.45) is 0 Å². The number of carbonyl (C=O) groups is 2. The Kier molecular flexibility index (Phi) is 7.63. The van der Waals surface area contributed by atoms with Crippen molar-refractivity contribution < 1.29 is 14.3 Å². The van der Waals surface area contributed by atoms with Gasteiger partial charge in [-0.05, 0) is 41.3 Å². The van der Waals surface area contributed by atoms with Gasteiger partial charge in [-0.2, -0.15) is 0 Å². The number of ether oxygens (including phenoxy) is 1. The van der Waals surface area contributed by atoms with E-state index in [1.54, 1.807) is 6.07 Å². The Hall–Kier alpha value is -4.02. The van der Waals surface area contributed by atoms with Gasteiger partial charge in [0.15, 0.2) is 5.78 Å². The molecule has 0 aliphatic rings. The van der Waals surface area contributed by atoms with Crippen LogP contribution in [0.2, 0.25) is 0 Å².